The van der Waals surface area contributed by atoms with Crippen LogP contribution >= 0.6 is 0 Å². The van der Waals surface area contributed by atoms with Crippen LogP contribution in [0.2, 0.25) is 0 Å². The molecule has 0 bridgehead atoms. The smallest absolute Gasteiger partial charge is 0.124 e. The van der Waals surface area contributed by atoms with Gasteiger partial charge in [-0.25, -0.2) is 0 Å². The molecular weight excluding hydrogens is 208 g/mol. The van der Waals surface area contributed by atoms with Gasteiger partial charge in [-0.05, 0) is 6.92 Å². The molecule has 7 heteroatoms. The van der Waals surface area contributed by atoms with E-state index in [-0.39, 0.29) is 0 Å². The molecule has 2 atom stereocenters. The van der Waals surface area contributed by atoms with Crippen LogP contribution in [-0.2, 0) is 14.3 Å². The zero-order valence-electron chi connectivity index (χ0n) is 8.30. The minimum absolute atomic E-state index is 0.755. The van der Waals surface area contributed by atoms with E-state index in [4.69, 9.17) is 10.2 Å². The molecule has 88 valence electrons. The van der Waals surface area contributed by atoms with Gasteiger partial charge in [-0.3, -0.25) is 0 Å². The standard InChI is InChI=1S/C4H6O6.C4H8O/c5-1(3(7)8)2(6)4(9)10;1-4(2)5-3/h1-2,5-6H,(H,7,8)(H,9,10);1H2,2-3H3/p-2/t1-,2-;/m1./s1. The lowest BCUT2D eigenvalue weighted by Crippen LogP contribution is -2.51. The monoisotopic (exact) mass is 220 g/mol. The first-order valence-corrected chi connectivity index (χ1v) is 3.71. The molecule has 0 amide bonds. The fraction of sp³-hybridized carbons (Fsp3) is 0.500. The van der Waals surface area contributed by atoms with Crippen molar-refractivity contribution in [1.29, 1.82) is 0 Å². The molecule has 0 saturated carbocycles. The van der Waals surface area contributed by atoms with Crippen molar-refractivity contribution >= 4 is 11.9 Å². The highest BCUT2D eigenvalue weighted by molar-refractivity contribution is 5.80. The summed E-state index contributed by atoms with van der Waals surface area (Å²) in [5.41, 5.74) is 0. The molecule has 0 aromatic carbocycles. The predicted octanol–water partition coefficient (Wildman–Crippen LogP) is -3.63. The van der Waals surface area contributed by atoms with E-state index in [1.807, 2.05) is 0 Å². The summed E-state index contributed by atoms with van der Waals surface area (Å²) in [6.07, 6.45) is -4.88. The molecule has 0 rings (SSSR count). The third kappa shape index (κ3) is 8.72. The van der Waals surface area contributed by atoms with Gasteiger partial charge in [0.2, 0.25) is 0 Å². The van der Waals surface area contributed by atoms with Gasteiger partial charge in [0.05, 0.1) is 24.8 Å². The zero-order chi connectivity index (χ0) is 12.6. The van der Waals surface area contributed by atoms with Crippen LogP contribution in [0.1, 0.15) is 6.92 Å². The number of aliphatic hydroxyl groups is 2. The highest BCUT2D eigenvalue weighted by Crippen LogP contribution is 1.89. The number of allylic oxidation sites excluding steroid dienone is 1. The maximum Gasteiger partial charge on any atom is 0.124 e. The van der Waals surface area contributed by atoms with Crippen molar-refractivity contribution in [2.24, 2.45) is 0 Å². The summed E-state index contributed by atoms with van der Waals surface area (Å²) in [4.78, 5) is 19.3. The molecule has 0 radical (unpaired) electrons. The topological polar surface area (TPSA) is 130 Å². The van der Waals surface area contributed by atoms with Gasteiger partial charge in [0.1, 0.15) is 12.2 Å². The summed E-state index contributed by atoms with van der Waals surface area (Å²) in [5, 5.41) is 35.7. The Morgan fingerprint density at radius 2 is 1.40 bits per heavy atom. The number of carboxylic acids is 2. The van der Waals surface area contributed by atoms with E-state index in [0.717, 1.165) is 5.76 Å². The Labute approximate surface area is 86.2 Å². The van der Waals surface area contributed by atoms with Gasteiger partial charge in [0, 0.05) is 0 Å². The van der Waals surface area contributed by atoms with Gasteiger partial charge in [0.25, 0.3) is 0 Å². The van der Waals surface area contributed by atoms with Crippen molar-refractivity contribution in [2.45, 2.75) is 19.1 Å². The Morgan fingerprint density at radius 1 is 1.20 bits per heavy atom. The summed E-state index contributed by atoms with van der Waals surface area (Å²) in [7, 11) is 1.60. The van der Waals surface area contributed by atoms with Crippen LogP contribution in [0.5, 0.6) is 0 Å². The zero-order valence-corrected chi connectivity index (χ0v) is 8.30. The molecule has 15 heavy (non-hydrogen) atoms. The van der Waals surface area contributed by atoms with Crippen molar-refractivity contribution in [3.63, 3.8) is 0 Å². The largest absolute Gasteiger partial charge is 0.547 e. The Kier molecular flexibility index (Phi) is 8.21. The lowest BCUT2D eigenvalue weighted by atomic mass is 10.2. The van der Waals surface area contributed by atoms with Crippen LogP contribution in [0.3, 0.4) is 0 Å². The number of carbonyl (C=O) groups is 2. The number of hydrogen-bond acceptors (Lipinski definition) is 7. The minimum atomic E-state index is -2.44. The Hall–Kier alpha value is -1.60. The molecule has 0 aliphatic heterocycles. The van der Waals surface area contributed by atoms with Gasteiger partial charge in [0.15, 0.2) is 0 Å². The Balaban J connectivity index is 0. The summed E-state index contributed by atoms with van der Waals surface area (Å²) >= 11 is 0. The minimum Gasteiger partial charge on any atom is -0.547 e. The lowest BCUT2D eigenvalue weighted by molar-refractivity contribution is -0.333. The lowest BCUT2D eigenvalue weighted by Gasteiger charge is -2.18. The van der Waals surface area contributed by atoms with Gasteiger partial charge < -0.3 is 34.8 Å². The van der Waals surface area contributed by atoms with Crippen LogP contribution in [0.15, 0.2) is 12.3 Å². The van der Waals surface area contributed by atoms with Gasteiger partial charge in [-0.1, -0.05) is 6.58 Å². The number of aliphatic carboxylic acids is 2. The molecule has 0 fully saturated rings. The molecule has 0 aromatic heterocycles. The Bertz CT molecular complexity index is 217. The van der Waals surface area contributed by atoms with Gasteiger partial charge in [-0.15, -0.1) is 0 Å². The number of ether oxygens (including phenoxy) is 1. The summed E-state index contributed by atoms with van der Waals surface area (Å²) in [6, 6.07) is 0. The number of carbonyl (C=O) groups excluding carboxylic acids is 2. The first-order chi connectivity index (χ1) is 6.73. The van der Waals surface area contributed by atoms with E-state index >= 15 is 0 Å². The number of carboxylic acid groups (broad SMARTS) is 2. The van der Waals surface area contributed by atoms with Crippen molar-refractivity contribution in [3.8, 4) is 0 Å². The molecule has 7 nitrogen and oxygen atoms in total. The van der Waals surface area contributed by atoms with Crippen LogP contribution in [0, 0.1) is 0 Å². The summed E-state index contributed by atoms with van der Waals surface area (Å²) in [5.74, 6) is -3.36. The molecule has 0 heterocycles. The third-order valence-electron chi connectivity index (χ3n) is 1.13. The molecule has 0 aliphatic carbocycles. The molecule has 0 spiro atoms. The van der Waals surface area contributed by atoms with E-state index in [0.29, 0.717) is 0 Å². The van der Waals surface area contributed by atoms with Crippen LogP contribution < -0.4 is 10.2 Å². The van der Waals surface area contributed by atoms with Crippen molar-refractivity contribution in [1.82, 2.24) is 0 Å². The molecule has 0 aromatic rings. The first-order valence-electron chi connectivity index (χ1n) is 3.71. The second-order valence-electron chi connectivity index (χ2n) is 2.43. The molecule has 0 unspecified atom stereocenters. The number of hydrogen-bond donors (Lipinski definition) is 2. The van der Waals surface area contributed by atoms with Crippen molar-refractivity contribution in [3.05, 3.63) is 12.3 Å². The average Bonchev–Trinajstić information content (AvgIpc) is 2.16. The van der Waals surface area contributed by atoms with E-state index in [1.165, 1.54) is 0 Å². The molecular formula is C8H12O7-2. The number of methoxy groups -OCH3 is 1. The maximum atomic E-state index is 9.63. The fourth-order valence-electron chi connectivity index (χ4n) is 0.258. The summed E-state index contributed by atoms with van der Waals surface area (Å²) in [6.45, 7) is 5.26. The van der Waals surface area contributed by atoms with E-state index in [9.17, 15) is 19.8 Å². The molecule has 2 N–H and O–H groups in total. The average molecular weight is 220 g/mol. The third-order valence-corrected chi connectivity index (χ3v) is 1.13. The number of aliphatic hydroxyl groups excluding tert-OH is 2. The van der Waals surface area contributed by atoms with Crippen LogP contribution in [0.4, 0.5) is 0 Å². The second kappa shape index (κ2) is 7.77. The number of rotatable bonds is 4. The first kappa shape index (κ1) is 15.9. The SMILES string of the molecule is C=C(C)OC.O=C([O-])[C@H](O)[C@@H](O)C(=O)[O-]. The summed E-state index contributed by atoms with van der Waals surface area (Å²) < 4.78 is 4.56. The van der Waals surface area contributed by atoms with Crippen molar-refractivity contribution < 1.29 is 34.8 Å². The predicted molar refractivity (Wildman–Crippen MR) is 43.9 cm³/mol. The van der Waals surface area contributed by atoms with E-state index in [2.05, 4.69) is 11.3 Å². The highest BCUT2D eigenvalue weighted by Gasteiger charge is 2.17. The second-order valence-corrected chi connectivity index (χ2v) is 2.43. The van der Waals surface area contributed by atoms with E-state index in [1.54, 1.807) is 14.0 Å². The van der Waals surface area contributed by atoms with Crippen LogP contribution in [-0.4, -0.2) is 41.5 Å². The van der Waals surface area contributed by atoms with Crippen LogP contribution in [0.25, 0.3) is 0 Å². The highest BCUT2D eigenvalue weighted by atomic mass is 16.5. The normalized spacial score (nSPS) is 12.8. The molecule has 0 saturated heterocycles. The fourth-order valence-corrected chi connectivity index (χ4v) is 0.258. The molecule has 0 aliphatic rings. The Morgan fingerprint density at radius 3 is 1.47 bits per heavy atom. The van der Waals surface area contributed by atoms with Gasteiger partial charge >= 0.3 is 0 Å². The quantitative estimate of drug-likeness (QED) is 0.467. The van der Waals surface area contributed by atoms with Crippen molar-refractivity contribution in [2.75, 3.05) is 7.11 Å². The van der Waals surface area contributed by atoms with Gasteiger partial charge in [-0.2, -0.15) is 0 Å². The van der Waals surface area contributed by atoms with E-state index < -0.39 is 24.1 Å². The maximum absolute atomic E-state index is 9.63.